The van der Waals surface area contributed by atoms with Crippen LogP contribution in [0.5, 0.6) is 0 Å². The van der Waals surface area contributed by atoms with Crippen LogP contribution >= 0.6 is 11.6 Å². The standard InChI is InChI=1S/C22H31ClF3N3O4S/c1-15(30)14-34(32,33)29-11-9-28(10-12-29)21(5-7-22(25,26)8-6-21)16(2)27-20(31)18-4-3-17(24)13-19(18)23/h3-4,13,15-16,30H,5-12,14H2,1-2H3,(H,27,31). The van der Waals surface area contributed by atoms with Crippen molar-refractivity contribution in [2.24, 2.45) is 0 Å². The molecule has 2 atom stereocenters. The highest BCUT2D eigenvalue weighted by molar-refractivity contribution is 7.89. The summed E-state index contributed by atoms with van der Waals surface area (Å²) in [7, 11) is -3.64. The fourth-order valence-electron chi connectivity index (χ4n) is 4.98. The molecule has 2 N–H and O–H groups in total. The Morgan fingerprint density at radius 3 is 2.26 bits per heavy atom. The Bertz CT molecular complexity index is 991. The highest BCUT2D eigenvalue weighted by Gasteiger charge is 2.50. The summed E-state index contributed by atoms with van der Waals surface area (Å²) >= 11 is 6.02. The van der Waals surface area contributed by atoms with Gasteiger partial charge < -0.3 is 10.4 Å². The van der Waals surface area contributed by atoms with Crippen LogP contribution in [0, 0.1) is 5.82 Å². The topological polar surface area (TPSA) is 89.9 Å². The van der Waals surface area contributed by atoms with Crippen LogP contribution in [-0.2, 0) is 10.0 Å². The SMILES string of the molecule is CC(O)CS(=O)(=O)N1CCN(C2(C(C)NC(=O)c3ccc(F)cc3Cl)CCC(F)(F)CC2)CC1. The first-order valence-corrected chi connectivity index (χ1v) is 13.3. The molecule has 1 saturated carbocycles. The third-order valence-electron chi connectivity index (χ3n) is 6.89. The molecule has 0 radical (unpaired) electrons. The lowest BCUT2D eigenvalue weighted by molar-refractivity contribution is -0.0948. The third kappa shape index (κ3) is 6.04. The first kappa shape index (κ1) is 27.2. The van der Waals surface area contributed by atoms with Crippen LogP contribution < -0.4 is 5.32 Å². The zero-order valence-electron chi connectivity index (χ0n) is 19.2. The summed E-state index contributed by atoms with van der Waals surface area (Å²) in [6.45, 7) is 4.09. The second-order valence-corrected chi connectivity index (χ2v) is 11.7. The van der Waals surface area contributed by atoms with Gasteiger partial charge in [0.15, 0.2) is 0 Å². The zero-order valence-corrected chi connectivity index (χ0v) is 20.8. The van der Waals surface area contributed by atoms with E-state index in [0.717, 1.165) is 12.1 Å². The Kier molecular flexibility index (Phi) is 8.24. The molecular weight excluding hydrogens is 495 g/mol. The minimum absolute atomic E-state index is 0.0501. The first-order valence-electron chi connectivity index (χ1n) is 11.3. The molecule has 1 amide bonds. The number of nitrogens with zero attached hydrogens (tertiary/aromatic N) is 2. The number of benzene rings is 1. The van der Waals surface area contributed by atoms with E-state index in [-0.39, 0.29) is 55.1 Å². The van der Waals surface area contributed by atoms with Crippen molar-refractivity contribution in [1.82, 2.24) is 14.5 Å². The quantitative estimate of drug-likeness (QED) is 0.571. The van der Waals surface area contributed by atoms with Gasteiger partial charge in [-0.3, -0.25) is 9.69 Å². The molecule has 1 aliphatic carbocycles. The van der Waals surface area contributed by atoms with Crippen LogP contribution in [0.25, 0.3) is 0 Å². The molecule has 7 nitrogen and oxygen atoms in total. The molecule has 3 rings (SSSR count). The van der Waals surface area contributed by atoms with Crippen molar-refractivity contribution in [2.75, 3.05) is 31.9 Å². The van der Waals surface area contributed by atoms with E-state index in [9.17, 15) is 31.5 Å². The number of rotatable bonds is 7. The van der Waals surface area contributed by atoms with E-state index in [1.165, 1.54) is 17.3 Å². The van der Waals surface area contributed by atoms with Crippen molar-refractivity contribution >= 4 is 27.5 Å². The summed E-state index contributed by atoms with van der Waals surface area (Å²) in [5.74, 6) is -4.29. The van der Waals surface area contributed by atoms with Gasteiger partial charge in [0.2, 0.25) is 15.9 Å². The summed E-state index contributed by atoms with van der Waals surface area (Å²) < 4.78 is 67.8. The molecule has 0 aromatic heterocycles. The number of hydrogen-bond acceptors (Lipinski definition) is 5. The van der Waals surface area contributed by atoms with Gasteiger partial charge in [0.1, 0.15) is 5.82 Å². The van der Waals surface area contributed by atoms with E-state index in [0.29, 0.717) is 13.1 Å². The molecule has 0 spiro atoms. The predicted molar refractivity (Wildman–Crippen MR) is 123 cm³/mol. The maximum atomic E-state index is 14.1. The lowest BCUT2D eigenvalue weighted by Gasteiger charge is -2.53. The van der Waals surface area contributed by atoms with Gasteiger partial charge in [-0.1, -0.05) is 11.6 Å². The molecule has 1 aromatic rings. The van der Waals surface area contributed by atoms with Gasteiger partial charge >= 0.3 is 0 Å². The molecule has 1 heterocycles. The number of sulfonamides is 1. The Labute approximate surface area is 203 Å². The second-order valence-electron chi connectivity index (χ2n) is 9.29. The van der Waals surface area contributed by atoms with E-state index in [1.54, 1.807) is 6.92 Å². The van der Waals surface area contributed by atoms with Crippen molar-refractivity contribution in [3.8, 4) is 0 Å². The van der Waals surface area contributed by atoms with Crippen molar-refractivity contribution < 1.29 is 31.5 Å². The number of halogens is 4. The van der Waals surface area contributed by atoms with E-state index >= 15 is 0 Å². The van der Waals surface area contributed by atoms with Crippen LogP contribution in [0.1, 0.15) is 49.9 Å². The number of aliphatic hydroxyl groups excluding tert-OH is 1. The summed E-state index contributed by atoms with van der Waals surface area (Å²) in [5.41, 5.74) is -0.718. The Balaban J connectivity index is 1.78. The minimum atomic E-state index is -3.64. The molecule has 34 heavy (non-hydrogen) atoms. The van der Waals surface area contributed by atoms with Gasteiger partial charge in [-0.2, -0.15) is 4.31 Å². The number of piperazine rings is 1. The Morgan fingerprint density at radius 1 is 1.15 bits per heavy atom. The van der Waals surface area contributed by atoms with Gasteiger partial charge in [-0.05, 0) is 44.9 Å². The fourth-order valence-corrected chi connectivity index (χ4v) is 6.77. The summed E-state index contributed by atoms with van der Waals surface area (Å²) in [5, 5.41) is 12.3. The first-order chi connectivity index (χ1) is 15.8. The van der Waals surface area contributed by atoms with E-state index in [2.05, 4.69) is 5.32 Å². The second kappa shape index (κ2) is 10.3. The largest absolute Gasteiger partial charge is 0.392 e. The van der Waals surface area contributed by atoms with Crippen molar-refractivity contribution in [3.05, 3.63) is 34.6 Å². The van der Waals surface area contributed by atoms with Crippen LogP contribution in [0.3, 0.4) is 0 Å². The lowest BCUT2D eigenvalue weighted by atomic mass is 9.73. The third-order valence-corrected chi connectivity index (χ3v) is 9.26. The molecule has 12 heteroatoms. The Morgan fingerprint density at radius 2 is 1.74 bits per heavy atom. The number of amides is 1. The number of aliphatic hydroxyl groups is 1. The molecule has 0 bridgehead atoms. The number of hydrogen-bond donors (Lipinski definition) is 2. The van der Waals surface area contributed by atoms with Crippen molar-refractivity contribution in [2.45, 2.75) is 63.1 Å². The number of alkyl halides is 2. The fraction of sp³-hybridized carbons (Fsp3) is 0.682. The van der Waals surface area contributed by atoms with Gasteiger partial charge in [0.25, 0.3) is 5.91 Å². The van der Waals surface area contributed by atoms with E-state index < -0.39 is 45.4 Å². The smallest absolute Gasteiger partial charge is 0.253 e. The van der Waals surface area contributed by atoms with Gasteiger partial charge in [0, 0.05) is 50.6 Å². The highest BCUT2D eigenvalue weighted by Crippen LogP contribution is 2.44. The molecule has 192 valence electrons. The maximum Gasteiger partial charge on any atom is 0.253 e. The molecule has 1 saturated heterocycles. The van der Waals surface area contributed by atoms with Crippen LogP contribution in [-0.4, -0.2) is 84.2 Å². The summed E-state index contributed by atoms with van der Waals surface area (Å²) in [6.07, 6.45) is -1.43. The average Bonchev–Trinajstić information content (AvgIpc) is 2.73. The maximum absolute atomic E-state index is 14.1. The van der Waals surface area contributed by atoms with Crippen LogP contribution in [0.15, 0.2) is 18.2 Å². The highest BCUT2D eigenvalue weighted by atomic mass is 35.5. The lowest BCUT2D eigenvalue weighted by Crippen LogP contribution is -2.67. The van der Waals surface area contributed by atoms with Crippen LogP contribution in [0.4, 0.5) is 13.2 Å². The Hall–Kier alpha value is -1.40. The number of nitrogens with one attached hydrogen (secondary N) is 1. The molecule has 1 aliphatic heterocycles. The average molecular weight is 526 g/mol. The van der Waals surface area contributed by atoms with Gasteiger partial charge in [-0.15, -0.1) is 0 Å². The van der Waals surface area contributed by atoms with Crippen LogP contribution in [0.2, 0.25) is 5.02 Å². The summed E-state index contributed by atoms with van der Waals surface area (Å²) in [4.78, 5) is 14.9. The van der Waals surface area contributed by atoms with Crippen molar-refractivity contribution in [1.29, 1.82) is 0 Å². The number of carbonyl (C=O) groups excluding carboxylic acids is 1. The van der Waals surface area contributed by atoms with E-state index in [4.69, 9.17) is 11.6 Å². The predicted octanol–water partition coefficient (Wildman–Crippen LogP) is 2.87. The van der Waals surface area contributed by atoms with Gasteiger partial charge in [0.05, 0.1) is 22.4 Å². The van der Waals surface area contributed by atoms with E-state index in [1.807, 2.05) is 4.90 Å². The molecule has 1 aromatic carbocycles. The van der Waals surface area contributed by atoms with Crippen molar-refractivity contribution in [3.63, 3.8) is 0 Å². The minimum Gasteiger partial charge on any atom is -0.392 e. The normalized spacial score (nSPS) is 23.3. The number of carbonyl (C=O) groups is 1. The molecular formula is C22H31ClF3N3O4S. The monoisotopic (exact) mass is 525 g/mol. The molecule has 2 aliphatic rings. The molecule has 2 unspecified atom stereocenters. The molecule has 2 fully saturated rings. The summed E-state index contributed by atoms with van der Waals surface area (Å²) in [6, 6.07) is 2.87. The zero-order chi connectivity index (χ0) is 25.3. The van der Waals surface area contributed by atoms with Gasteiger partial charge in [-0.25, -0.2) is 21.6 Å².